The van der Waals surface area contributed by atoms with Crippen LogP contribution in [0.2, 0.25) is 0 Å². The van der Waals surface area contributed by atoms with Crippen LogP contribution < -0.4 is 4.90 Å². The van der Waals surface area contributed by atoms with E-state index < -0.39 is 26.4 Å². The minimum absolute atomic E-state index is 0.0266. The molecule has 1 heterocycles. The van der Waals surface area contributed by atoms with E-state index in [1.54, 1.807) is 35.2 Å². The number of piperazine rings is 1. The Hall–Kier alpha value is -2.94. The van der Waals surface area contributed by atoms with E-state index in [0.717, 1.165) is 5.69 Å². The number of nitro groups is 1. The van der Waals surface area contributed by atoms with Crippen molar-refractivity contribution in [1.29, 1.82) is 0 Å². The van der Waals surface area contributed by atoms with Crippen molar-refractivity contribution in [3.8, 4) is 0 Å². The summed E-state index contributed by atoms with van der Waals surface area (Å²) in [7, 11) is -3.66. The minimum Gasteiger partial charge on any atom is -0.368 e. The minimum atomic E-state index is -3.66. The Balaban J connectivity index is 1.58. The zero-order valence-electron chi connectivity index (χ0n) is 14.5. The topological polar surface area (TPSA) is 101 Å². The van der Waals surface area contributed by atoms with Gasteiger partial charge in [0.05, 0.1) is 9.82 Å². The lowest BCUT2D eigenvalue weighted by Gasteiger charge is -2.36. The fourth-order valence-electron chi connectivity index (χ4n) is 2.96. The summed E-state index contributed by atoms with van der Waals surface area (Å²) in [4.78, 5) is 26.4. The van der Waals surface area contributed by atoms with Gasteiger partial charge in [-0.3, -0.25) is 14.9 Å². The summed E-state index contributed by atoms with van der Waals surface area (Å²) >= 11 is 0. The molecule has 0 aliphatic carbocycles. The third-order valence-corrected chi connectivity index (χ3v) is 6.09. The van der Waals surface area contributed by atoms with E-state index in [4.69, 9.17) is 0 Å². The number of benzene rings is 2. The molecule has 1 saturated heterocycles. The Morgan fingerprint density at radius 3 is 2.11 bits per heavy atom. The summed E-state index contributed by atoms with van der Waals surface area (Å²) in [5.74, 6) is -0.962. The molecule has 0 saturated carbocycles. The van der Waals surface area contributed by atoms with E-state index in [-0.39, 0.29) is 10.6 Å². The number of nitrogens with zero attached hydrogens (tertiary/aromatic N) is 3. The number of nitro benzene ring substituents is 1. The average Bonchev–Trinajstić information content (AvgIpc) is 2.68. The standard InChI is InChI=1S/C18H19N3O5S/c22-18(14-27(25,26)17-4-2-1-3-5-17)20-12-10-19(11-13-20)15-6-8-16(9-7-15)21(23)24/h1-9H,10-14H2. The zero-order chi connectivity index (χ0) is 19.4. The number of non-ortho nitro benzene ring substituents is 1. The van der Waals surface area contributed by atoms with E-state index in [2.05, 4.69) is 0 Å². The molecule has 3 rings (SSSR count). The molecule has 0 bridgehead atoms. The molecule has 1 fully saturated rings. The van der Waals surface area contributed by atoms with Crippen LogP contribution in [0.4, 0.5) is 11.4 Å². The van der Waals surface area contributed by atoms with Gasteiger partial charge in [0, 0.05) is 44.0 Å². The monoisotopic (exact) mass is 389 g/mol. The number of carbonyl (C=O) groups is 1. The summed E-state index contributed by atoms with van der Waals surface area (Å²) in [6.45, 7) is 1.88. The van der Waals surface area contributed by atoms with Gasteiger partial charge in [-0.1, -0.05) is 18.2 Å². The Morgan fingerprint density at radius 2 is 1.56 bits per heavy atom. The molecule has 0 aromatic heterocycles. The second kappa shape index (κ2) is 7.75. The highest BCUT2D eigenvalue weighted by molar-refractivity contribution is 7.92. The van der Waals surface area contributed by atoms with Crippen LogP contribution in [0.3, 0.4) is 0 Å². The maximum Gasteiger partial charge on any atom is 0.269 e. The highest BCUT2D eigenvalue weighted by Crippen LogP contribution is 2.21. The highest BCUT2D eigenvalue weighted by atomic mass is 32.2. The summed E-state index contributed by atoms with van der Waals surface area (Å²) in [6, 6.07) is 14.2. The van der Waals surface area contributed by atoms with Gasteiger partial charge in [-0.15, -0.1) is 0 Å². The van der Waals surface area contributed by atoms with Crippen molar-refractivity contribution in [2.45, 2.75) is 4.90 Å². The van der Waals surface area contributed by atoms with E-state index >= 15 is 0 Å². The van der Waals surface area contributed by atoms with Crippen LogP contribution in [0.1, 0.15) is 0 Å². The average molecular weight is 389 g/mol. The zero-order valence-corrected chi connectivity index (χ0v) is 15.3. The molecule has 0 atom stereocenters. The predicted octanol–water partition coefficient (Wildman–Crippen LogP) is 1.72. The van der Waals surface area contributed by atoms with Gasteiger partial charge in [0.2, 0.25) is 5.91 Å². The van der Waals surface area contributed by atoms with Crippen molar-refractivity contribution in [1.82, 2.24) is 4.90 Å². The molecule has 8 nitrogen and oxygen atoms in total. The SMILES string of the molecule is O=C(CS(=O)(=O)c1ccccc1)N1CCN(c2ccc([N+](=O)[O-])cc2)CC1. The maximum atomic E-state index is 12.4. The quantitative estimate of drug-likeness (QED) is 0.570. The van der Waals surface area contributed by atoms with Gasteiger partial charge in [0.25, 0.3) is 5.69 Å². The number of amides is 1. The lowest BCUT2D eigenvalue weighted by molar-refractivity contribution is -0.384. The van der Waals surface area contributed by atoms with E-state index in [9.17, 15) is 23.3 Å². The van der Waals surface area contributed by atoms with Crippen LogP contribution in [0.25, 0.3) is 0 Å². The van der Waals surface area contributed by atoms with Gasteiger partial charge in [-0.2, -0.15) is 0 Å². The second-order valence-electron chi connectivity index (χ2n) is 6.21. The van der Waals surface area contributed by atoms with Crippen molar-refractivity contribution in [3.63, 3.8) is 0 Å². The first kappa shape index (κ1) is 18.8. The fraction of sp³-hybridized carbons (Fsp3) is 0.278. The van der Waals surface area contributed by atoms with Crippen LogP contribution in [0.5, 0.6) is 0 Å². The summed E-state index contributed by atoms with van der Waals surface area (Å²) < 4.78 is 24.7. The lowest BCUT2D eigenvalue weighted by atomic mass is 10.2. The molecule has 9 heteroatoms. The van der Waals surface area contributed by atoms with Crippen molar-refractivity contribution < 1.29 is 18.1 Å². The Bertz CT molecular complexity index is 921. The lowest BCUT2D eigenvalue weighted by Crippen LogP contribution is -2.50. The first-order valence-electron chi connectivity index (χ1n) is 8.42. The number of anilines is 1. The number of sulfone groups is 1. The largest absolute Gasteiger partial charge is 0.368 e. The molecule has 142 valence electrons. The van der Waals surface area contributed by atoms with Crippen LogP contribution in [0, 0.1) is 10.1 Å². The first-order valence-corrected chi connectivity index (χ1v) is 10.1. The van der Waals surface area contributed by atoms with Crippen LogP contribution in [-0.4, -0.2) is 56.1 Å². The molecule has 0 spiro atoms. The smallest absolute Gasteiger partial charge is 0.269 e. The number of hydrogen-bond acceptors (Lipinski definition) is 6. The van der Waals surface area contributed by atoms with Gasteiger partial charge >= 0.3 is 0 Å². The van der Waals surface area contributed by atoms with Gasteiger partial charge in [-0.05, 0) is 24.3 Å². The molecule has 1 aliphatic rings. The highest BCUT2D eigenvalue weighted by Gasteiger charge is 2.26. The van der Waals surface area contributed by atoms with Gasteiger partial charge in [0.1, 0.15) is 5.75 Å². The second-order valence-corrected chi connectivity index (χ2v) is 8.20. The normalized spacial score (nSPS) is 14.8. The van der Waals surface area contributed by atoms with Crippen LogP contribution in [0.15, 0.2) is 59.5 Å². The predicted molar refractivity (Wildman–Crippen MR) is 100 cm³/mol. The van der Waals surface area contributed by atoms with Crippen molar-refractivity contribution in [3.05, 3.63) is 64.7 Å². The molecule has 0 unspecified atom stereocenters. The van der Waals surface area contributed by atoms with E-state index in [1.165, 1.54) is 24.3 Å². The molecule has 1 amide bonds. The van der Waals surface area contributed by atoms with Crippen LogP contribution in [-0.2, 0) is 14.6 Å². The Morgan fingerprint density at radius 1 is 0.963 bits per heavy atom. The van der Waals surface area contributed by atoms with E-state index in [0.29, 0.717) is 26.2 Å². The Labute approximate surface area is 157 Å². The Kier molecular flexibility index (Phi) is 5.41. The summed E-state index contributed by atoms with van der Waals surface area (Å²) in [5, 5.41) is 10.7. The number of carbonyl (C=O) groups excluding carboxylic acids is 1. The maximum absolute atomic E-state index is 12.4. The van der Waals surface area contributed by atoms with Crippen molar-refractivity contribution in [2.75, 3.05) is 36.8 Å². The van der Waals surface area contributed by atoms with E-state index in [1.807, 2.05) is 4.90 Å². The molecule has 27 heavy (non-hydrogen) atoms. The molecular formula is C18H19N3O5S. The summed E-state index contributed by atoms with van der Waals surface area (Å²) in [5.41, 5.74) is 0.864. The van der Waals surface area contributed by atoms with Gasteiger partial charge in [-0.25, -0.2) is 8.42 Å². The number of rotatable bonds is 5. The van der Waals surface area contributed by atoms with Crippen LogP contribution >= 0.6 is 0 Å². The molecule has 2 aromatic carbocycles. The fourth-order valence-corrected chi connectivity index (χ4v) is 4.21. The first-order chi connectivity index (χ1) is 12.9. The van der Waals surface area contributed by atoms with Crippen molar-refractivity contribution in [2.24, 2.45) is 0 Å². The summed E-state index contributed by atoms with van der Waals surface area (Å²) in [6.07, 6.45) is 0. The molecular weight excluding hydrogens is 370 g/mol. The van der Waals surface area contributed by atoms with Gasteiger partial charge < -0.3 is 9.80 Å². The molecule has 1 aliphatic heterocycles. The number of hydrogen-bond donors (Lipinski definition) is 0. The van der Waals surface area contributed by atoms with Gasteiger partial charge in [0.15, 0.2) is 9.84 Å². The van der Waals surface area contributed by atoms with Crippen molar-refractivity contribution >= 4 is 27.1 Å². The third kappa shape index (κ3) is 4.43. The molecule has 0 N–H and O–H groups in total. The molecule has 0 radical (unpaired) electrons. The molecule has 2 aromatic rings. The third-order valence-electron chi connectivity index (χ3n) is 4.47.